The number of rotatable bonds is 11. The van der Waals surface area contributed by atoms with Crippen LogP contribution >= 0.6 is 0 Å². The highest BCUT2D eigenvalue weighted by Crippen LogP contribution is 2.28. The number of hydrogen-bond donors (Lipinski definition) is 2. The second-order valence-electron chi connectivity index (χ2n) is 4.98. The van der Waals surface area contributed by atoms with Gasteiger partial charge in [-0.05, 0) is 25.2 Å². The van der Waals surface area contributed by atoms with Gasteiger partial charge >= 0.3 is 0 Å². The molecule has 0 aliphatic heterocycles. The summed E-state index contributed by atoms with van der Waals surface area (Å²) in [4.78, 5) is 0. The van der Waals surface area contributed by atoms with E-state index in [9.17, 15) is 5.11 Å². The number of aliphatic hydroxyl groups is 1. The van der Waals surface area contributed by atoms with Crippen molar-refractivity contribution in [3.8, 4) is 0 Å². The molecule has 1 aliphatic carbocycles. The molecule has 0 radical (unpaired) electrons. The highest BCUT2D eigenvalue weighted by Gasteiger charge is 2.21. The van der Waals surface area contributed by atoms with Crippen LogP contribution in [-0.2, 0) is 9.47 Å². The predicted molar refractivity (Wildman–Crippen MR) is 68.1 cm³/mol. The summed E-state index contributed by atoms with van der Waals surface area (Å²) in [5.41, 5.74) is 0. The Kier molecular flexibility index (Phi) is 7.77. The molecule has 0 heterocycles. The maximum absolute atomic E-state index is 9.74. The molecule has 0 saturated heterocycles. The van der Waals surface area contributed by atoms with Crippen LogP contribution in [0.3, 0.4) is 0 Å². The van der Waals surface area contributed by atoms with Gasteiger partial charge in [-0.1, -0.05) is 13.3 Å². The fourth-order valence-electron chi connectivity index (χ4n) is 1.81. The lowest BCUT2D eigenvalue weighted by Crippen LogP contribution is -2.39. The molecule has 4 nitrogen and oxygen atoms in total. The second-order valence-corrected chi connectivity index (χ2v) is 4.98. The Bertz CT molecular complexity index is 180. The van der Waals surface area contributed by atoms with Crippen molar-refractivity contribution >= 4 is 0 Å². The minimum absolute atomic E-state index is 0.336. The summed E-state index contributed by atoms with van der Waals surface area (Å²) in [6.07, 6.45) is 4.37. The first-order valence-corrected chi connectivity index (χ1v) is 6.74. The van der Waals surface area contributed by atoms with Gasteiger partial charge < -0.3 is 19.9 Å². The van der Waals surface area contributed by atoms with E-state index in [0.29, 0.717) is 25.8 Å². The first-order chi connectivity index (χ1) is 8.26. The zero-order chi connectivity index (χ0) is 12.5. The van der Waals surface area contributed by atoms with E-state index in [1.54, 1.807) is 7.11 Å². The quantitative estimate of drug-likeness (QED) is 0.574. The Morgan fingerprint density at radius 1 is 1.35 bits per heavy atom. The maximum Gasteiger partial charge on any atom is 0.0897 e. The van der Waals surface area contributed by atoms with Crippen LogP contribution in [-0.4, -0.2) is 50.7 Å². The van der Waals surface area contributed by atoms with Gasteiger partial charge in [-0.25, -0.2) is 0 Å². The number of ether oxygens (including phenoxy) is 2. The molecule has 2 N–H and O–H groups in total. The van der Waals surface area contributed by atoms with Crippen molar-refractivity contribution in [3.63, 3.8) is 0 Å². The lowest BCUT2D eigenvalue weighted by molar-refractivity contribution is 0.0292. The zero-order valence-corrected chi connectivity index (χ0v) is 11.2. The Morgan fingerprint density at radius 3 is 2.71 bits per heavy atom. The summed E-state index contributed by atoms with van der Waals surface area (Å²) >= 11 is 0. The van der Waals surface area contributed by atoms with Crippen LogP contribution in [0.15, 0.2) is 0 Å². The van der Waals surface area contributed by atoms with E-state index < -0.39 is 6.10 Å². The van der Waals surface area contributed by atoms with E-state index in [1.165, 1.54) is 12.8 Å². The molecule has 0 amide bonds. The van der Waals surface area contributed by atoms with E-state index in [1.807, 2.05) is 0 Å². The largest absolute Gasteiger partial charge is 0.389 e. The minimum Gasteiger partial charge on any atom is -0.389 e. The van der Waals surface area contributed by atoms with E-state index in [2.05, 4.69) is 12.2 Å². The first-order valence-electron chi connectivity index (χ1n) is 6.74. The summed E-state index contributed by atoms with van der Waals surface area (Å²) in [7, 11) is 1.71. The van der Waals surface area contributed by atoms with E-state index in [4.69, 9.17) is 9.47 Å². The SMILES string of the molecule is CCCC(COC)NCC(O)COCC1CC1. The van der Waals surface area contributed by atoms with Crippen molar-refractivity contribution in [2.75, 3.05) is 33.5 Å². The average molecular weight is 245 g/mol. The van der Waals surface area contributed by atoms with E-state index >= 15 is 0 Å². The molecular weight excluding hydrogens is 218 g/mol. The molecule has 2 unspecified atom stereocenters. The van der Waals surface area contributed by atoms with Crippen LogP contribution in [0.4, 0.5) is 0 Å². The topological polar surface area (TPSA) is 50.7 Å². The minimum atomic E-state index is -0.412. The lowest BCUT2D eigenvalue weighted by atomic mass is 10.2. The standard InChI is InChI=1S/C13H27NO3/c1-3-4-12(9-16-2)14-7-13(15)10-17-8-11-5-6-11/h11-15H,3-10H2,1-2H3. The fourth-order valence-corrected chi connectivity index (χ4v) is 1.81. The van der Waals surface area contributed by atoms with Gasteiger partial charge in [0.25, 0.3) is 0 Å². The van der Waals surface area contributed by atoms with Gasteiger partial charge in [0.2, 0.25) is 0 Å². The van der Waals surface area contributed by atoms with Crippen molar-refractivity contribution < 1.29 is 14.6 Å². The van der Waals surface area contributed by atoms with Gasteiger partial charge in [-0.15, -0.1) is 0 Å². The summed E-state index contributed by atoms with van der Waals surface area (Å²) in [5.74, 6) is 0.761. The molecule has 0 aromatic rings. The summed E-state index contributed by atoms with van der Waals surface area (Å²) < 4.78 is 10.6. The van der Waals surface area contributed by atoms with Crippen molar-refractivity contribution in [2.24, 2.45) is 5.92 Å². The third-order valence-electron chi connectivity index (χ3n) is 3.01. The molecule has 0 spiro atoms. The third kappa shape index (κ3) is 7.71. The van der Waals surface area contributed by atoms with Gasteiger partial charge in [0.15, 0.2) is 0 Å². The van der Waals surface area contributed by atoms with Gasteiger partial charge in [-0.2, -0.15) is 0 Å². The first kappa shape index (κ1) is 14.9. The smallest absolute Gasteiger partial charge is 0.0897 e. The number of hydrogen-bond acceptors (Lipinski definition) is 4. The predicted octanol–water partition coefficient (Wildman–Crippen LogP) is 1.18. The molecule has 0 aromatic carbocycles. The second kappa shape index (κ2) is 8.86. The molecule has 4 heteroatoms. The Labute approximate surface area is 105 Å². The van der Waals surface area contributed by atoms with Crippen LogP contribution in [0, 0.1) is 5.92 Å². The Balaban J connectivity index is 2.00. The molecular formula is C13H27NO3. The van der Waals surface area contributed by atoms with Crippen LogP contribution in [0.25, 0.3) is 0 Å². The lowest BCUT2D eigenvalue weighted by Gasteiger charge is -2.19. The molecule has 1 saturated carbocycles. The normalized spacial score (nSPS) is 19.2. The molecule has 102 valence electrons. The summed E-state index contributed by atoms with van der Waals surface area (Å²) in [5, 5.41) is 13.1. The molecule has 1 rings (SSSR count). The number of nitrogens with one attached hydrogen (secondary N) is 1. The van der Waals surface area contributed by atoms with Crippen LogP contribution in [0.1, 0.15) is 32.6 Å². The maximum atomic E-state index is 9.74. The molecule has 0 bridgehead atoms. The highest BCUT2D eigenvalue weighted by molar-refractivity contribution is 4.73. The van der Waals surface area contributed by atoms with Gasteiger partial charge in [0, 0.05) is 26.3 Å². The van der Waals surface area contributed by atoms with Crippen molar-refractivity contribution in [2.45, 2.75) is 44.8 Å². The fraction of sp³-hybridized carbons (Fsp3) is 1.00. The van der Waals surface area contributed by atoms with Crippen molar-refractivity contribution in [3.05, 3.63) is 0 Å². The number of aliphatic hydroxyl groups excluding tert-OH is 1. The summed E-state index contributed by atoms with van der Waals surface area (Å²) in [6, 6.07) is 0.336. The molecule has 17 heavy (non-hydrogen) atoms. The van der Waals surface area contributed by atoms with Crippen LogP contribution < -0.4 is 5.32 Å². The molecule has 1 aliphatic rings. The van der Waals surface area contributed by atoms with Gasteiger partial charge in [-0.3, -0.25) is 0 Å². The average Bonchev–Trinajstić information content (AvgIpc) is 3.10. The van der Waals surface area contributed by atoms with Gasteiger partial charge in [0.05, 0.1) is 19.3 Å². The molecule has 1 fully saturated rings. The zero-order valence-electron chi connectivity index (χ0n) is 11.2. The van der Waals surface area contributed by atoms with E-state index in [0.717, 1.165) is 25.4 Å². The van der Waals surface area contributed by atoms with Gasteiger partial charge in [0.1, 0.15) is 0 Å². The summed E-state index contributed by atoms with van der Waals surface area (Å²) in [6.45, 7) is 4.69. The van der Waals surface area contributed by atoms with Crippen LogP contribution in [0.5, 0.6) is 0 Å². The number of methoxy groups -OCH3 is 1. The Hall–Kier alpha value is -0.160. The monoisotopic (exact) mass is 245 g/mol. The molecule has 0 aromatic heterocycles. The van der Waals surface area contributed by atoms with E-state index in [-0.39, 0.29) is 0 Å². The molecule has 2 atom stereocenters. The van der Waals surface area contributed by atoms with Crippen molar-refractivity contribution in [1.82, 2.24) is 5.32 Å². The Morgan fingerprint density at radius 2 is 2.12 bits per heavy atom. The highest BCUT2D eigenvalue weighted by atomic mass is 16.5. The van der Waals surface area contributed by atoms with Crippen molar-refractivity contribution in [1.29, 1.82) is 0 Å². The third-order valence-corrected chi connectivity index (χ3v) is 3.01. The van der Waals surface area contributed by atoms with Crippen LogP contribution in [0.2, 0.25) is 0 Å².